The molecule has 0 radical (unpaired) electrons. The molecule has 0 aromatic heterocycles. The molecule has 0 heterocycles. The third-order valence-corrected chi connectivity index (χ3v) is 4.38. The van der Waals surface area contributed by atoms with E-state index in [1.165, 1.54) is 0 Å². The third kappa shape index (κ3) is 3.90. The molecule has 8 nitrogen and oxygen atoms in total. The number of amides is 2. The minimum Gasteiger partial charge on any atom is -0.389 e. The lowest BCUT2D eigenvalue weighted by Gasteiger charge is -2.43. The molecular weight excluding hydrogens is 276 g/mol. The first kappa shape index (κ1) is 17.4. The molecule has 0 aliphatic heterocycles. The molecule has 1 rings (SSSR count). The Kier molecular flexibility index (Phi) is 5.27. The number of nitrogens with two attached hydrogens (primary N) is 1. The first-order valence-corrected chi connectivity index (χ1v) is 7.11. The molecule has 0 bridgehead atoms. The third-order valence-electron chi connectivity index (χ3n) is 4.38. The van der Waals surface area contributed by atoms with Crippen molar-refractivity contribution < 1.29 is 14.8 Å². The number of carbonyl (C=O) groups is 1. The molecular formula is C13H24N4O4. The first-order valence-electron chi connectivity index (χ1n) is 7.11. The highest BCUT2D eigenvalue weighted by atomic mass is 16.6. The molecule has 1 aliphatic rings. The van der Waals surface area contributed by atoms with Crippen molar-refractivity contribution in [3.8, 4) is 0 Å². The van der Waals surface area contributed by atoms with Crippen molar-refractivity contribution in [2.75, 3.05) is 0 Å². The van der Waals surface area contributed by atoms with Crippen LogP contribution in [0.5, 0.6) is 0 Å². The smallest absolute Gasteiger partial charge is 0.332 e. The fraction of sp³-hybridized carbons (Fsp3) is 0.846. The summed E-state index contributed by atoms with van der Waals surface area (Å²) in [6, 6.07) is -0.807. The van der Waals surface area contributed by atoms with Crippen LogP contribution in [0.3, 0.4) is 0 Å². The van der Waals surface area contributed by atoms with Crippen molar-refractivity contribution in [1.82, 2.24) is 5.43 Å². The van der Waals surface area contributed by atoms with Gasteiger partial charge in [0.05, 0.1) is 5.60 Å². The second-order valence-corrected chi connectivity index (χ2v) is 6.07. The summed E-state index contributed by atoms with van der Waals surface area (Å²) >= 11 is 0. The van der Waals surface area contributed by atoms with Crippen molar-refractivity contribution in [1.29, 1.82) is 0 Å². The molecule has 0 aromatic carbocycles. The number of carbonyl (C=O) groups excluding carboxylic acids is 1. The van der Waals surface area contributed by atoms with Crippen molar-refractivity contribution in [2.45, 2.75) is 64.0 Å². The van der Waals surface area contributed by atoms with Crippen LogP contribution in [0.4, 0.5) is 4.79 Å². The van der Waals surface area contributed by atoms with Crippen LogP contribution in [-0.4, -0.2) is 32.9 Å². The molecule has 0 spiro atoms. The molecule has 1 fully saturated rings. The summed E-state index contributed by atoms with van der Waals surface area (Å²) in [4.78, 5) is 22.0. The summed E-state index contributed by atoms with van der Waals surface area (Å²) in [6.45, 7) is 5.19. The minimum atomic E-state index is -1.08. The Balaban J connectivity index is 3.05. The molecule has 0 saturated heterocycles. The molecule has 4 N–H and O–H groups in total. The van der Waals surface area contributed by atoms with E-state index in [4.69, 9.17) is 5.73 Å². The normalized spacial score (nSPS) is 33.5. The minimum absolute atomic E-state index is 0.205. The number of nitro groups is 1. The SMILES string of the molecule is CCCC1([N+](=O)[O-])CCC(C)(O)C(C(C)=NNC(N)=O)C1. The van der Waals surface area contributed by atoms with E-state index in [-0.39, 0.29) is 11.3 Å². The molecule has 120 valence electrons. The van der Waals surface area contributed by atoms with Gasteiger partial charge in [-0.05, 0) is 26.7 Å². The van der Waals surface area contributed by atoms with Gasteiger partial charge in [-0.1, -0.05) is 6.92 Å². The van der Waals surface area contributed by atoms with Gasteiger partial charge < -0.3 is 10.8 Å². The number of urea groups is 1. The van der Waals surface area contributed by atoms with Crippen molar-refractivity contribution in [2.24, 2.45) is 16.8 Å². The Labute approximate surface area is 123 Å². The summed E-state index contributed by atoms with van der Waals surface area (Å²) in [7, 11) is 0. The zero-order chi connectivity index (χ0) is 16.3. The van der Waals surface area contributed by atoms with Crippen molar-refractivity contribution in [3.63, 3.8) is 0 Å². The fourth-order valence-electron chi connectivity index (χ4n) is 3.13. The summed E-state index contributed by atoms with van der Waals surface area (Å²) in [6.07, 6.45) is 2.03. The largest absolute Gasteiger partial charge is 0.389 e. The maximum absolute atomic E-state index is 11.5. The van der Waals surface area contributed by atoms with Gasteiger partial charge in [-0.25, -0.2) is 10.2 Å². The second kappa shape index (κ2) is 6.38. The first-order chi connectivity index (χ1) is 9.64. The van der Waals surface area contributed by atoms with E-state index in [1.807, 2.05) is 6.92 Å². The lowest BCUT2D eigenvalue weighted by Crippen LogP contribution is -2.54. The average Bonchev–Trinajstić information content (AvgIpc) is 2.38. The van der Waals surface area contributed by atoms with Crippen molar-refractivity contribution >= 4 is 11.7 Å². The summed E-state index contributed by atoms with van der Waals surface area (Å²) in [5.41, 5.74) is 5.40. The highest BCUT2D eigenvalue weighted by Gasteiger charge is 2.53. The lowest BCUT2D eigenvalue weighted by molar-refractivity contribution is -0.579. The van der Waals surface area contributed by atoms with E-state index in [2.05, 4.69) is 10.5 Å². The molecule has 1 aliphatic carbocycles. The Morgan fingerprint density at radius 2 is 2.19 bits per heavy atom. The van der Waals surface area contributed by atoms with E-state index >= 15 is 0 Å². The Morgan fingerprint density at radius 3 is 2.67 bits per heavy atom. The topological polar surface area (TPSA) is 131 Å². The number of hydrogen-bond donors (Lipinski definition) is 3. The highest BCUT2D eigenvalue weighted by Crippen LogP contribution is 2.43. The van der Waals surface area contributed by atoms with Crippen LogP contribution >= 0.6 is 0 Å². The maximum atomic E-state index is 11.5. The van der Waals surface area contributed by atoms with Crippen LogP contribution in [0.1, 0.15) is 52.9 Å². The average molecular weight is 300 g/mol. The van der Waals surface area contributed by atoms with Gasteiger partial charge in [-0.15, -0.1) is 0 Å². The van der Waals surface area contributed by atoms with Gasteiger partial charge in [0.2, 0.25) is 5.54 Å². The number of rotatable bonds is 5. The highest BCUT2D eigenvalue weighted by molar-refractivity contribution is 5.87. The van der Waals surface area contributed by atoms with E-state index in [1.54, 1.807) is 13.8 Å². The Bertz CT molecular complexity index is 449. The van der Waals surface area contributed by atoms with Crippen LogP contribution in [0.25, 0.3) is 0 Å². The molecule has 3 atom stereocenters. The number of nitrogens with zero attached hydrogens (tertiary/aromatic N) is 2. The van der Waals surface area contributed by atoms with Crippen LogP contribution in [0.2, 0.25) is 0 Å². The number of aliphatic hydroxyl groups is 1. The summed E-state index contributed by atoms with van der Waals surface area (Å²) in [5.74, 6) is -0.491. The van der Waals surface area contributed by atoms with E-state index in [9.17, 15) is 20.0 Å². The van der Waals surface area contributed by atoms with Gasteiger partial charge in [0.15, 0.2) is 0 Å². The fourth-order valence-corrected chi connectivity index (χ4v) is 3.13. The predicted molar refractivity (Wildman–Crippen MR) is 78.4 cm³/mol. The Morgan fingerprint density at radius 1 is 1.57 bits per heavy atom. The molecule has 21 heavy (non-hydrogen) atoms. The van der Waals surface area contributed by atoms with Crippen LogP contribution in [-0.2, 0) is 0 Å². The van der Waals surface area contributed by atoms with E-state index < -0.39 is 23.1 Å². The van der Waals surface area contributed by atoms with Crippen LogP contribution < -0.4 is 11.2 Å². The van der Waals surface area contributed by atoms with Crippen LogP contribution in [0, 0.1) is 16.0 Å². The standard InChI is InChI=1S/C13H24N4O4/c1-4-5-13(17(20)21)7-6-12(3,19)10(8-13)9(2)15-16-11(14)18/h10,19H,4-8H2,1-3H3,(H3,14,16,18). The lowest BCUT2D eigenvalue weighted by atomic mass is 9.65. The molecule has 1 saturated carbocycles. The van der Waals surface area contributed by atoms with Crippen LogP contribution in [0.15, 0.2) is 5.10 Å². The van der Waals surface area contributed by atoms with Gasteiger partial charge in [0.1, 0.15) is 0 Å². The number of nitrogens with one attached hydrogen (secondary N) is 1. The Hall–Kier alpha value is -1.70. The molecule has 2 amide bonds. The van der Waals surface area contributed by atoms with Gasteiger partial charge in [0, 0.05) is 35.8 Å². The zero-order valence-electron chi connectivity index (χ0n) is 12.8. The van der Waals surface area contributed by atoms with Gasteiger partial charge in [0.25, 0.3) is 0 Å². The van der Waals surface area contributed by atoms with Gasteiger partial charge in [-0.2, -0.15) is 5.10 Å². The monoisotopic (exact) mass is 300 g/mol. The number of hydrazone groups is 1. The van der Waals surface area contributed by atoms with Crippen molar-refractivity contribution in [3.05, 3.63) is 10.1 Å². The quantitative estimate of drug-likeness (QED) is 0.402. The summed E-state index contributed by atoms with van der Waals surface area (Å²) < 4.78 is 0. The predicted octanol–water partition coefficient (Wildman–Crippen LogP) is 1.40. The number of hydrogen-bond acceptors (Lipinski definition) is 5. The molecule has 3 unspecified atom stereocenters. The van der Waals surface area contributed by atoms with Gasteiger partial charge >= 0.3 is 6.03 Å². The maximum Gasteiger partial charge on any atom is 0.332 e. The number of primary amides is 1. The van der Waals surface area contributed by atoms with E-state index in [0.29, 0.717) is 31.4 Å². The molecule has 0 aromatic rings. The summed E-state index contributed by atoms with van der Waals surface area (Å²) in [5, 5.41) is 25.8. The second-order valence-electron chi connectivity index (χ2n) is 6.07. The molecule has 8 heteroatoms. The van der Waals surface area contributed by atoms with E-state index in [0.717, 1.165) is 0 Å². The van der Waals surface area contributed by atoms with Gasteiger partial charge in [-0.3, -0.25) is 10.1 Å². The zero-order valence-corrected chi connectivity index (χ0v) is 12.8.